The van der Waals surface area contributed by atoms with Crippen molar-refractivity contribution in [3.8, 4) is 0 Å². The lowest BCUT2D eigenvalue weighted by molar-refractivity contribution is 0.0469. The van der Waals surface area contributed by atoms with Gasteiger partial charge in [-0.1, -0.05) is 41.4 Å². The summed E-state index contributed by atoms with van der Waals surface area (Å²) in [7, 11) is 0. The molecule has 0 aliphatic carbocycles. The minimum absolute atomic E-state index is 0.143. The van der Waals surface area contributed by atoms with Crippen LogP contribution in [0, 0.1) is 5.82 Å². The Balaban J connectivity index is 2.11. The Morgan fingerprint density at radius 1 is 1.05 bits per heavy atom. The fraction of sp³-hybridized carbons (Fsp3) is 0.0714. The second-order valence-corrected chi connectivity index (χ2v) is 4.57. The van der Waals surface area contributed by atoms with Crippen LogP contribution in [0.4, 0.5) is 4.39 Å². The molecule has 2 nitrogen and oxygen atoms in total. The van der Waals surface area contributed by atoms with Crippen LogP contribution in [0.3, 0.4) is 0 Å². The minimum atomic E-state index is -0.620. The third-order valence-corrected chi connectivity index (χ3v) is 3.19. The van der Waals surface area contributed by atoms with Crippen molar-refractivity contribution in [3.63, 3.8) is 0 Å². The summed E-state index contributed by atoms with van der Waals surface area (Å²) < 4.78 is 18.5. The predicted molar refractivity (Wildman–Crippen MR) is 72.0 cm³/mol. The van der Waals surface area contributed by atoms with Crippen LogP contribution in [-0.4, -0.2) is 5.97 Å². The van der Waals surface area contributed by atoms with Crippen LogP contribution in [0.25, 0.3) is 0 Å². The number of esters is 1. The quantitative estimate of drug-likeness (QED) is 0.781. The van der Waals surface area contributed by atoms with E-state index in [9.17, 15) is 9.18 Å². The van der Waals surface area contributed by atoms with Gasteiger partial charge in [-0.2, -0.15) is 0 Å². The van der Waals surface area contributed by atoms with Crippen molar-refractivity contribution in [2.75, 3.05) is 0 Å². The first-order valence-corrected chi connectivity index (χ1v) is 6.19. The molecule has 98 valence electrons. The number of hydrogen-bond donors (Lipinski definition) is 0. The highest BCUT2D eigenvalue weighted by Crippen LogP contribution is 2.21. The largest absolute Gasteiger partial charge is 0.457 e. The van der Waals surface area contributed by atoms with Gasteiger partial charge in [-0.3, -0.25) is 0 Å². The van der Waals surface area contributed by atoms with Crippen molar-refractivity contribution in [2.24, 2.45) is 0 Å². The van der Waals surface area contributed by atoms with Crippen molar-refractivity contribution >= 4 is 29.2 Å². The highest BCUT2D eigenvalue weighted by molar-refractivity contribution is 6.33. The van der Waals surface area contributed by atoms with Crippen LogP contribution in [0.15, 0.2) is 42.5 Å². The van der Waals surface area contributed by atoms with Gasteiger partial charge in [-0.25, -0.2) is 9.18 Å². The van der Waals surface area contributed by atoms with Gasteiger partial charge in [0, 0.05) is 5.56 Å². The van der Waals surface area contributed by atoms with E-state index in [0.717, 1.165) is 0 Å². The summed E-state index contributed by atoms with van der Waals surface area (Å²) in [5.74, 6) is -1.13. The van der Waals surface area contributed by atoms with E-state index in [0.29, 0.717) is 0 Å². The first-order chi connectivity index (χ1) is 9.09. The summed E-state index contributed by atoms with van der Waals surface area (Å²) in [6.07, 6.45) is 0. The van der Waals surface area contributed by atoms with Gasteiger partial charge in [0.1, 0.15) is 12.4 Å². The fourth-order valence-corrected chi connectivity index (χ4v) is 1.94. The number of benzene rings is 2. The summed E-state index contributed by atoms with van der Waals surface area (Å²) in [5, 5.41) is 0.499. The van der Waals surface area contributed by atoms with E-state index in [1.807, 2.05) is 0 Å². The second-order valence-electron chi connectivity index (χ2n) is 3.76. The van der Waals surface area contributed by atoms with Crippen LogP contribution in [0.2, 0.25) is 10.0 Å². The lowest BCUT2D eigenvalue weighted by Gasteiger charge is -2.08. The van der Waals surface area contributed by atoms with Crippen molar-refractivity contribution < 1.29 is 13.9 Å². The minimum Gasteiger partial charge on any atom is -0.457 e. The highest BCUT2D eigenvalue weighted by Gasteiger charge is 2.13. The van der Waals surface area contributed by atoms with E-state index in [1.165, 1.54) is 24.3 Å². The molecule has 0 aliphatic heterocycles. The van der Waals surface area contributed by atoms with Crippen LogP contribution in [0.1, 0.15) is 15.9 Å². The van der Waals surface area contributed by atoms with Crippen molar-refractivity contribution in [1.82, 2.24) is 0 Å². The number of carbonyl (C=O) groups is 1. The van der Waals surface area contributed by atoms with Gasteiger partial charge >= 0.3 is 5.97 Å². The molecule has 0 heterocycles. The van der Waals surface area contributed by atoms with E-state index in [1.54, 1.807) is 18.2 Å². The molecule has 0 unspecified atom stereocenters. The van der Waals surface area contributed by atoms with Gasteiger partial charge in [0.25, 0.3) is 0 Å². The summed E-state index contributed by atoms with van der Waals surface area (Å²) in [6.45, 7) is -0.241. The Kier molecular flexibility index (Phi) is 4.40. The maximum Gasteiger partial charge on any atom is 0.339 e. The number of hydrogen-bond acceptors (Lipinski definition) is 2. The molecule has 0 bridgehead atoms. The Morgan fingerprint density at radius 2 is 1.74 bits per heavy atom. The molecule has 0 amide bonds. The molecule has 2 aromatic rings. The molecule has 0 N–H and O–H groups in total. The van der Waals surface area contributed by atoms with Gasteiger partial charge in [0.2, 0.25) is 0 Å². The van der Waals surface area contributed by atoms with Gasteiger partial charge in [0.05, 0.1) is 15.6 Å². The van der Waals surface area contributed by atoms with Crippen LogP contribution < -0.4 is 0 Å². The van der Waals surface area contributed by atoms with E-state index in [4.69, 9.17) is 27.9 Å². The Labute approximate surface area is 119 Å². The fourth-order valence-electron chi connectivity index (χ4n) is 1.51. The molecule has 0 atom stereocenters. The average Bonchev–Trinajstić information content (AvgIpc) is 2.38. The SMILES string of the molecule is O=C(OCc1c(F)cccc1Cl)c1ccccc1Cl. The van der Waals surface area contributed by atoms with Crippen molar-refractivity contribution in [3.05, 3.63) is 69.5 Å². The number of carbonyl (C=O) groups excluding carboxylic acids is 1. The van der Waals surface area contributed by atoms with E-state index in [-0.39, 0.29) is 27.8 Å². The summed E-state index contributed by atoms with van der Waals surface area (Å²) in [4.78, 5) is 11.8. The Bertz CT molecular complexity index is 594. The first-order valence-electron chi connectivity index (χ1n) is 5.44. The van der Waals surface area contributed by atoms with E-state index >= 15 is 0 Å². The molecular formula is C14H9Cl2FO2. The van der Waals surface area contributed by atoms with Crippen molar-refractivity contribution in [2.45, 2.75) is 6.61 Å². The smallest absolute Gasteiger partial charge is 0.339 e. The first kappa shape index (κ1) is 13.8. The number of halogens is 3. The molecule has 2 rings (SSSR count). The number of rotatable bonds is 3. The van der Waals surface area contributed by atoms with E-state index in [2.05, 4.69) is 0 Å². The standard InChI is InChI=1S/C14H9Cl2FO2/c15-11-5-2-1-4-9(11)14(18)19-8-10-12(16)6-3-7-13(10)17/h1-7H,8H2. The average molecular weight is 299 g/mol. The molecule has 0 saturated carbocycles. The third-order valence-electron chi connectivity index (χ3n) is 2.50. The molecule has 5 heteroatoms. The third kappa shape index (κ3) is 3.25. The highest BCUT2D eigenvalue weighted by atomic mass is 35.5. The van der Waals surface area contributed by atoms with Crippen LogP contribution in [0.5, 0.6) is 0 Å². The number of ether oxygens (including phenoxy) is 1. The summed E-state index contributed by atoms with van der Waals surface area (Å²) in [5.41, 5.74) is 0.376. The second kappa shape index (κ2) is 6.04. The zero-order valence-electron chi connectivity index (χ0n) is 9.70. The van der Waals surface area contributed by atoms with Gasteiger partial charge in [-0.15, -0.1) is 0 Å². The van der Waals surface area contributed by atoms with Crippen molar-refractivity contribution in [1.29, 1.82) is 0 Å². The van der Waals surface area contributed by atoms with Gasteiger partial charge in [0.15, 0.2) is 0 Å². The monoisotopic (exact) mass is 298 g/mol. The zero-order chi connectivity index (χ0) is 13.8. The molecule has 19 heavy (non-hydrogen) atoms. The molecular weight excluding hydrogens is 290 g/mol. The maximum absolute atomic E-state index is 13.5. The van der Waals surface area contributed by atoms with Gasteiger partial charge in [-0.05, 0) is 24.3 Å². The molecule has 2 aromatic carbocycles. The Hall–Kier alpha value is -1.58. The normalized spacial score (nSPS) is 10.3. The maximum atomic E-state index is 13.5. The molecule has 0 saturated heterocycles. The van der Waals surface area contributed by atoms with Gasteiger partial charge < -0.3 is 4.74 Å². The van der Waals surface area contributed by atoms with Crippen LogP contribution >= 0.6 is 23.2 Å². The lowest BCUT2D eigenvalue weighted by atomic mass is 10.2. The molecule has 0 aromatic heterocycles. The summed E-state index contributed by atoms with van der Waals surface area (Å²) >= 11 is 11.7. The van der Waals surface area contributed by atoms with Crippen LogP contribution in [-0.2, 0) is 11.3 Å². The zero-order valence-corrected chi connectivity index (χ0v) is 11.2. The predicted octanol–water partition coefficient (Wildman–Crippen LogP) is 4.49. The molecule has 0 fully saturated rings. The topological polar surface area (TPSA) is 26.3 Å². The molecule has 0 aliphatic rings. The lowest BCUT2D eigenvalue weighted by Crippen LogP contribution is -2.07. The Morgan fingerprint density at radius 3 is 2.42 bits per heavy atom. The summed E-state index contributed by atoms with van der Waals surface area (Å²) in [6, 6.07) is 10.7. The van der Waals surface area contributed by atoms with E-state index < -0.39 is 11.8 Å². The molecule has 0 spiro atoms. The molecule has 0 radical (unpaired) electrons.